The zero-order valence-electron chi connectivity index (χ0n) is 14.9. The van der Waals surface area contributed by atoms with Crippen molar-refractivity contribution in [1.29, 1.82) is 0 Å². The van der Waals surface area contributed by atoms with Crippen LogP contribution in [0.2, 0.25) is 5.02 Å². The van der Waals surface area contributed by atoms with Gasteiger partial charge >= 0.3 is 0 Å². The molecular formula is C20H16ClN3O2S2. The Kier molecular flexibility index (Phi) is 5.05. The van der Waals surface area contributed by atoms with Gasteiger partial charge in [0.1, 0.15) is 16.7 Å². The first-order valence-corrected chi connectivity index (χ1v) is 10.8. The van der Waals surface area contributed by atoms with Gasteiger partial charge in [-0.15, -0.1) is 22.7 Å². The number of thiophene rings is 2. The molecule has 1 amide bonds. The van der Waals surface area contributed by atoms with Gasteiger partial charge in [0.05, 0.1) is 5.39 Å². The van der Waals surface area contributed by atoms with Gasteiger partial charge in [-0.3, -0.25) is 14.2 Å². The Morgan fingerprint density at radius 3 is 2.61 bits per heavy atom. The van der Waals surface area contributed by atoms with Gasteiger partial charge in [0.15, 0.2) is 0 Å². The average molecular weight is 430 g/mol. The van der Waals surface area contributed by atoms with Crippen molar-refractivity contribution in [3.8, 4) is 21.8 Å². The monoisotopic (exact) mass is 429 g/mol. The van der Waals surface area contributed by atoms with Crippen LogP contribution in [-0.4, -0.2) is 15.5 Å². The largest absolute Gasteiger partial charge is 0.368 e. The van der Waals surface area contributed by atoms with Crippen molar-refractivity contribution in [2.24, 2.45) is 5.73 Å². The smallest absolute Gasteiger partial charge is 0.263 e. The van der Waals surface area contributed by atoms with Crippen LogP contribution >= 0.6 is 34.3 Å². The van der Waals surface area contributed by atoms with E-state index in [2.05, 4.69) is 0 Å². The zero-order chi connectivity index (χ0) is 19.8. The number of halogens is 1. The van der Waals surface area contributed by atoms with Crippen LogP contribution in [-0.2, 0) is 4.79 Å². The molecule has 28 heavy (non-hydrogen) atoms. The molecular weight excluding hydrogens is 414 g/mol. The fraction of sp³-hybridized carbons (Fsp3) is 0.150. The lowest BCUT2D eigenvalue weighted by atomic mass is 10.1. The van der Waals surface area contributed by atoms with Crippen LogP contribution in [0.4, 0.5) is 0 Å². The summed E-state index contributed by atoms with van der Waals surface area (Å²) < 4.78 is 1.43. The van der Waals surface area contributed by atoms with Crippen molar-refractivity contribution in [2.45, 2.75) is 19.4 Å². The molecule has 0 aliphatic heterocycles. The Morgan fingerprint density at radius 1 is 1.25 bits per heavy atom. The summed E-state index contributed by atoms with van der Waals surface area (Å²) in [6, 6.07) is 10.2. The molecule has 1 aromatic carbocycles. The topological polar surface area (TPSA) is 78.0 Å². The molecule has 0 bridgehead atoms. The summed E-state index contributed by atoms with van der Waals surface area (Å²) >= 11 is 8.98. The van der Waals surface area contributed by atoms with E-state index in [0.717, 1.165) is 10.4 Å². The maximum Gasteiger partial charge on any atom is 0.263 e. The maximum absolute atomic E-state index is 13.6. The predicted octanol–water partition coefficient (Wildman–Crippen LogP) is 4.94. The summed E-state index contributed by atoms with van der Waals surface area (Å²) in [5.41, 5.74) is 6.91. The van der Waals surface area contributed by atoms with E-state index < -0.39 is 11.9 Å². The van der Waals surface area contributed by atoms with Crippen LogP contribution in [0.5, 0.6) is 0 Å². The molecule has 8 heteroatoms. The molecule has 3 heterocycles. The molecule has 4 rings (SSSR count). The fourth-order valence-electron chi connectivity index (χ4n) is 3.22. The molecule has 0 saturated carbocycles. The number of carbonyl (C=O) groups is 1. The van der Waals surface area contributed by atoms with E-state index in [9.17, 15) is 9.59 Å². The highest BCUT2D eigenvalue weighted by molar-refractivity contribution is 7.18. The molecule has 4 aromatic rings. The van der Waals surface area contributed by atoms with Gasteiger partial charge in [0.2, 0.25) is 5.91 Å². The van der Waals surface area contributed by atoms with Gasteiger partial charge in [-0.1, -0.05) is 24.6 Å². The first-order chi connectivity index (χ1) is 13.5. The number of benzene rings is 1. The molecule has 5 nitrogen and oxygen atoms in total. The minimum absolute atomic E-state index is 0.259. The predicted molar refractivity (Wildman–Crippen MR) is 116 cm³/mol. The summed E-state index contributed by atoms with van der Waals surface area (Å²) in [5.74, 6) is -0.145. The van der Waals surface area contributed by atoms with Crippen LogP contribution in [0.15, 0.2) is 52.0 Å². The molecule has 2 N–H and O–H groups in total. The third kappa shape index (κ3) is 3.15. The highest BCUT2D eigenvalue weighted by Gasteiger charge is 2.25. The van der Waals surface area contributed by atoms with E-state index in [4.69, 9.17) is 22.3 Å². The standard InChI is InChI=1S/C20H16ClN3O2S2/c1-2-14(17(22)25)24-18(11-5-7-12(21)8-6-11)23-19-16(20(24)26)13(10-28-19)15-4-3-9-27-15/h3-10,14H,2H2,1H3,(H2,22,25). The Bertz CT molecular complexity index is 1210. The quantitative estimate of drug-likeness (QED) is 0.487. The highest BCUT2D eigenvalue weighted by atomic mass is 35.5. The van der Waals surface area contributed by atoms with Crippen LogP contribution in [0.25, 0.3) is 32.0 Å². The van der Waals surface area contributed by atoms with Crippen molar-refractivity contribution < 1.29 is 4.79 Å². The number of nitrogens with zero attached hydrogens (tertiary/aromatic N) is 2. The Labute approximate surface area is 174 Å². The average Bonchev–Trinajstić information content (AvgIpc) is 3.33. The lowest BCUT2D eigenvalue weighted by Gasteiger charge is -2.19. The number of fused-ring (bicyclic) bond motifs is 1. The molecule has 3 aromatic heterocycles. The molecule has 0 aliphatic carbocycles. The number of rotatable bonds is 5. The van der Waals surface area contributed by atoms with E-state index in [1.807, 2.05) is 29.8 Å². The zero-order valence-corrected chi connectivity index (χ0v) is 17.3. The molecule has 1 atom stereocenters. The summed E-state index contributed by atoms with van der Waals surface area (Å²) in [6.07, 6.45) is 0.390. The van der Waals surface area contributed by atoms with E-state index in [-0.39, 0.29) is 5.56 Å². The highest BCUT2D eigenvalue weighted by Crippen LogP contribution is 2.35. The van der Waals surface area contributed by atoms with Gasteiger partial charge in [0, 0.05) is 26.4 Å². The number of aromatic nitrogens is 2. The number of nitrogens with two attached hydrogens (primary N) is 1. The van der Waals surface area contributed by atoms with Crippen LogP contribution in [0, 0.1) is 0 Å². The molecule has 0 saturated heterocycles. The minimum atomic E-state index is -0.786. The summed E-state index contributed by atoms with van der Waals surface area (Å²) in [6.45, 7) is 1.82. The number of hydrogen-bond acceptors (Lipinski definition) is 5. The first kappa shape index (κ1) is 18.9. The van der Waals surface area contributed by atoms with Crippen LogP contribution in [0.1, 0.15) is 19.4 Å². The number of primary amides is 1. The third-order valence-electron chi connectivity index (χ3n) is 4.56. The van der Waals surface area contributed by atoms with Gasteiger partial charge in [-0.05, 0) is 42.1 Å². The summed E-state index contributed by atoms with van der Waals surface area (Å²) in [7, 11) is 0. The molecule has 0 aliphatic rings. The second-order valence-corrected chi connectivity index (χ2v) is 8.49. The van der Waals surface area contributed by atoms with E-state index in [1.165, 1.54) is 15.9 Å². The van der Waals surface area contributed by atoms with E-state index in [1.54, 1.807) is 35.6 Å². The SMILES string of the molecule is CCC(C(N)=O)n1c(-c2ccc(Cl)cc2)nc2scc(-c3cccs3)c2c1=O. The van der Waals surface area contributed by atoms with Gasteiger partial charge in [-0.2, -0.15) is 0 Å². The van der Waals surface area contributed by atoms with Gasteiger partial charge < -0.3 is 5.73 Å². The van der Waals surface area contributed by atoms with E-state index in [0.29, 0.717) is 33.0 Å². The fourth-order valence-corrected chi connectivity index (χ4v) is 5.10. The third-order valence-corrected chi connectivity index (χ3v) is 6.58. The Balaban J connectivity index is 2.07. The molecule has 1 unspecified atom stereocenters. The van der Waals surface area contributed by atoms with Crippen molar-refractivity contribution in [3.05, 3.63) is 62.5 Å². The lowest BCUT2D eigenvalue weighted by molar-refractivity contribution is -0.121. The molecule has 0 spiro atoms. The Morgan fingerprint density at radius 2 is 2.00 bits per heavy atom. The summed E-state index contributed by atoms with van der Waals surface area (Å²) in [4.78, 5) is 32.1. The molecule has 0 fully saturated rings. The van der Waals surface area contributed by atoms with Crippen LogP contribution in [0.3, 0.4) is 0 Å². The number of carbonyl (C=O) groups excluding carboxylic acids is 1. The van der Waals surface area contributed by atoms with Crippen molar-refractivity contribution in [1.82, 2.24) is 9.55 Å². The first-order valence-electron chi connectivity index (χ1n) is 8.64. The second kappa shape index (κ2) is 7.50. The molecule has 142 valence electrons. The van der Waals surface area contributed by atoms with E-state index >= 15 is 0 Å². The Hall–Kier alpha value is -2.48. The van der Waals surface area contributed by atoms with Crippen LogP contribution < -0.4 is 11.3 Å². The van der Waals surface area contributed by atoms with Crippen molar-refractivity contribution >= 4 is 50.4 Å². The molecule has 0 radical (unpaired) electrons. The number of amides is 1. The lowest BCUT2D eigenvalue weighted by Crippen LogP contribution is -2.35. The van der Waals surface area contributed by atoms with Crippen molar-refractivity contribution in [2.75, 3.05) is 0 Å². The normalized spacial score (nSPS) is 12.4. The van der Waals surface area contributed by atoms with Gasteiger partial charge in [0.25, 0.3) is 5.56 Å². The maximum atomic E-state index is 13.6. The van der Waals surface area contributed by atoms with Crippen molar-refractivity contribution in [3.63, 3.8) is 0 Å². The van der Waals surface area contributed by atoms with Gasteiger partial charge in [-0.25, -0.2) is 4.98 Å². The minimum Gasteiger partial charge on any atom is -0.368 e. The number of hydrogen-bond donors (Lipinski definition) is 1. The second-order valence-electron chi connectivity index (χ2n) is 6.25. The summed E-state index contributed by atoms with van der Waals surface area (Å²) in [5, 5.41) is 5.00.